The number of rotatable bonds is 5. The Kier molecular flexibility index (Phi) is 5.49. The molecule has 9 nitrogen and oxygen atoms in total. The van der Waals surface area contributed by atoms with Crippen LogP contribution in [-0.2, 0) is 4.79 Å². The van der Waals surface area contributed by atoms with Gasteiger partial charge in [0.1, 0.15) is 22.1 Å². The standard InChI is InChI=1S/C22H18ClFN2O7/c1-10-6-12(25-11-4-5-13(24)14(7-11)26(29)30)8-17(27)22(10)21(28)18-15(31-2)9-16(32-3)19(23)20(18)33-22/h4-5,7-10,25H,6H2,1-3H3/t10-,22+/m1/s1. The minimum Gasteiger partial charge on any atom is -0.496 e. The molecule has 33 heavy (non-hydrogen) atoms. The number of halogens is 2. The summed E-state index contributed by atoms with van der Waals surface area (Å²) in [6, 6.07) is 4.74. The van der Waals surface area contributed by atoms with Crippen LogP contribution in [0.25, 0.3) is 0 Å². The van der Waals surface area contributed by atoms with Crippen molar-refractivity contribution >= 4 is 34.5 Å². The van der Waals surface area contributed by atoms with Crippen molar-refractivity contribution in [3.63, 3.8) is 0 Å². The summed E-state index contributed by atoms with van der Waals surface area (Å²) in [6.45, 7) is 1.67. The van der Waals surface area contributed by atoms with E-state index in [0.29, 0.717) is 5.70 Å². The summed E-state index contributed by atoms with van der Waals surface area (Å²) in [6.07, 6.45) is 1.39. The van der Waals surface area contributed by atoms with Gasteiger partial charge in [0.15, 0.2) is 5.75 Å². The van der Waals surface area contributed by atoms with E-state index in [0.717, 1.165) is 12.1 Å². The number of fused-ring (bicyclic) bond motifs is 1. The number of benzene rings is 2. The van der Waals surface area contributed by atoms with Crippen LogP contribution in [0.1, 0.15) is 23.7 Å². The molecule has 1 aliphatic carbocycles. The average molecular weight is 477 g/mol. The molecule has 0 saturated carbocycles. The molecule has 0 aromatic heterocycles. The normalized spacial score (nSPS) is 21.4. The number of hydrogen-bond donors (Lipinski definition) is 1. The molecular formula is C22H18ClFN2O7. The highest BCUT2D eigenvalue weighted by atomic mass is 35.5. The smallest absolute Gasteiger partial charge is 0.306 e. The maximum Gasteiger partial charge on any atom is 0.306 e. The molecule has 2 aromatic carbocycles. The lowest BCUT2D eigenvalue weighted by molar-refractivity contribution is -0.387. The number of hydrogen-bond acceptors (Lipinski definition) is 8. The first-order valence-electron chi connectivity index (χ1n) is 9.78. The highest BCUT2D eigenvalue weighted by Crippen LogP contribution is 2.53. The lowest BCUT2D eigenvalue weighted by Gasteiger charge is -2.35. The van der Waals surface area contributed by atoms with E-state index < -0.39 is 39.5 Å². The van der Waals surface area contributed by atoms with Crippen molar-refractivity contribution in [1.29, 1.82) is 0 Å². The molecule has 11 heteroatoms. The second-order valence-corrected chi connectivity index (χ2v) is 8.03. The van der Waals surface area contributed by atoms with Gasteiger partial charge in [0, 0.05) is 35.5 Å². The Balaban J connectivity index is 1.70. The summed E-state index contributed by atoms with van der Waals surface area (Å²) in [5.74, 6) is -2.42. The van der Waals surface area contributed by atoms with Crippen molar-refractivity contribution in [3.8, 4) is 17.2 Å². The summed E-state index contributed by atoms with van der Waals surface area (Å²) in [7, 11) is 2.77. The fourth-order valence-corrected chi connectivity index (χ4v) is 4.40. The van der Waals surface area contributed by atoms with Gasteiger partial charge in [0.25, 0.3) is 0 Å². The largest absolute Gasteiger partial charge is 0.496 e. The van der Waals surface area contributed by atoms with Crippen molar-refractivity contribution in [2.24, 2.45) is 5.92 Å². The number of ether oxygens (including phenoxy) is 3. The molecule has 0 unspecified atom stereocenters. The zero-order valence-corrected chi connectivity index (χ0v) is 18.5. The van der Waals surface area contributed by atoms with Gasteiger partial charge in [-0.1, -0.05) is 18.5 Å². The number of Topliss-reactive ketones (excluding diaryl/α,β-unsaturated/α-hetero) is 1. The fraction of sp³-hybridized carbons (Fsp3) is 0.273. The second kappa shape index (κ2) is 8.04. The predicted molar refractivity (Wildman–Crippen MR) is 116 cm³/mol. The van der Waals surface area contributed by atoms with Gasteiger partial charge in [-0.05, 0) is 18.6 Å². The van der Waals surface area contributed by atoms with E-state index in [1.54, 1.807) is 6.92 Å². The molecule has 1 N–H and O–H groups in total. The van der Waals surface area contributed by atoms with Crippen LogP contribution in [-0.4, -0.2) is 36.3 Å². The molecule has 0 fully saturated rings. The first kappa shape index (κ1) is 22.5. The lowest BCUT2D eigenvalue weighted by Crippen LogP contribution is -2.55. The van der Waals surface area contributed by atoms with Gasteiger partial charge in [-0.25, -0.2) is 0 Å². The Bertz CT molecular complexity index is 1250. The van der Waals surface area contributed by atoms with Crippen molar-refractivity contribution in [2.75, 3.05) is 19.5 Å². The number of carbonyl (C=O) groups is 2. The Morgan fingerprint density at radius 1 is 1.24 bits per heavy atom. The van der Waals surface area contributed by atoms with Crippen LogP contribution in [0.4, 0.5) is 15.8 Å². The number of anilines is 1. The summed E-state index contributed by atoms with van der Waals surface area (Å²) in [4.78, 5) is 36.9. The molecule has 0 saturated heterocycles. The first-order chi connectivity index (χ1) is 15.6. The molecule has 172 valence electrons. The van der Waals surface area contributed by atoms with Gasteiger partial charge in [-0.15, -0.1) is 0 Å². The van der Waals surface area contributed by atoms with Gasteiger partial charge in [-0.3, -0.25) is 19.7 Å². The van der Waals surface area contributed by atoms with Crippen molar-refractivity contribution in [3.05, 3.63) is 62.6 Å². The molecule has 0 bridgehead atoms. The molecule has 2 aliphatic rings. The third-order valence-corrected chi connectivity index (χ3v) is 6.12. The summed E-state index contributed by atoms with van der Waals surface area (Å²) < 4.78 is 30.1. The van der Waals surface area contributed by atoms with Crippen molar-refractivity contribution in [2.45, 2.75) is 18.9 Å². The van der Waals surface area contributed by atoms with E-state index in [9.17, 15) is 24.1 Å². The zero-order chi connectivity index (χ0) is 24.1. The maximum absolute atomic E-state index is 13.6. The number of nitrogens with one attached hydrogen (secondary N) is 1. The van der Waals surface area contributed by atoms with Crippen LogP contribution in [0.3, 0.4) is 0 Å². The minimum atomic E-state index is -1.84. The number of carbonyl (C=O) groups excluding carboxylic acids is 2. The predicted octanol–water partition coefficient (Wildman–Crippen LogP) is 4.32. The van der Waals surface area contributed by atoms with Gasteiger partial charge >= 0.3 is 5.69 Å². The number of ketones is 2. The van der Waals surface area contributed by atoms with Gasteiger partial charge < -0.3 is 19.5 Å². The van der Waals surface area contributed by atoms with E-state index in [1.165, 1.54) is 32.4 Å². The number of nitro benzene ring substituents is 1. The van der Waals surface area contributed by atoms with E-state index in [2.05, 4.69) is 5.32 Å². The van der Waals surface area contributed by atoms with Crippen LogP contribution in [0.2, 0.25) is 5.02 Å². The second-order valence-electron chi connectivity index (χ2n) is 7.65. The SMILES string of the molecule is COc1cc(OC)c2c(c1Cl)O[C@@]1(C(=O)C=C(Nc3ccc(F)c([N+](=O)[O-])c3)C[C@H]1C)C2=O. The van der Waals surface area contributed by atoms with E-state index >= 15 is 0 Å². The monoisotopic (exact) mass is 476 g/mol. The molecular weight excluding hydrogens is 459 g/mol. The minimum absolute atomic E-state index is 0.0111. The average Bonchev–Trinajstić information content (AvgIpc) is 3.09. The van der Waals surface area contributed by atoms with Gasteiger partial charge in [-0.2, -0.15) is 4.39 Å². The summed E-state index contributed by atoms with van der Waals surface area (Å²) in [5, 5.41) is 13.9. The Labute approximate surface area is 192 Å². The van der Waals surface area contributed by atoms with Crippen LogP contribution in [0.15, 0.2) is 36.0 Å². The molecule has 1 spiro atoms. The Morgan fingerprint density at radius 2 is 1.94 bits per heavy atom. The van der Waals surface area contributed by atoms with Crippen molar-refractivity contribution < 1.29 is 33.1 Å². The molecule has 4 rings (SSSR count). The molecule has 2 atom stereocenters. The Hall–Kier alpha value is -3.66. The molecule has 0 radical (unpaired) electrons. The highest BCUT2D eigenvalue weighted by molar-refractivity contribution is 6.36. The third-order valence-electron chi connectivity index (χ3n) is 5.76. The molecule has 1 heterocycles. The first-order valence-corrected chi connectivity index (χ1v) is 10.2. The molecule has 0 amide bonds. The van der Waals surface area contributed by atoms with Crippen LogP contribution in [0, 0.1) is 21.8 Å². The number of nitro groups is 1. The maximum atomic E-state index is 13.6. The summed E-state index contributed by atoms with van der Waals surface area (Å²) >= 11 is 6.35. The number of methoxy groups -OCH3 is 2. The fourth-order valence-electron chi connectivity index (χ4n) is 4.13. The number of allylic oxidation sites excluding steroid dienone is 1. The summed E-state index contributed by atoms with van der Waals surface area (Å²) in [5.41, 5.74) is -1.87. The van der Waals surface area contributed by atoms with E-state index in [1.807, 2.05) is 0 Å². The van der Waals surface area contributed by atoms with Gasteiger partial charge in [0.05, 0.1) is 19.1 Å². The third kappa shape index (κ3) is 3.37. The number of nitrogens with zero attached hydrogens (tertiary/aromatic N) is 1. The molecule has 2 aromatic rings. The molecule has 1 aliphatic heterocycles. The van der Waals surface area contributed by atoms with E-state index in [4.69, 9.17) is 25.8 Å². The lowest BCUT2D eigenvalue weighted by atomic mass is 9.74. The van der Waals surface area contributed by atoms with E-state index in [-0.39, 0.29) is 39.9 Å². The van der Waals surface area contributed by atoms with Gasteiger partial charge in [0.2, 0.25) is 23.0 Å². The van der Waals surface area contributed by atoms with Crippen LogP contribution >= 0.6 is 11.6 Å². The topological polar surface area (TPSA) is 117 Å². The van der Waals surface area contributed by atoms with Crippen LogP contribution in [0.5, 0.6) is 17.2 Å². The Morgan fingerprint density at radius 3 is 2.55 bits per heavy atom. The van der Waals surface area contributed by atoms with Crippen LogP contribution < -0.4 is 19.5 Å². The quantitative estimate of drug-likeness (QED) is 0.385. The highest BCUT2D eigenvalue weighted by Gasteiger charge is 2.60. The zero-order valence-electron chi connectivity index (χ0n) is 17.7. The van der Waals surface area contributed by atoms with Crippen molar-refractivity contribution in [1.82, 2.24) is 0 Å².